The number of hydrogen-bond donors (Lipinski definition) is 2. The molecule has 0 spiro atoms. The van der Waals surface area contributed by atoms with E-state index in [1.807, 2.05) is 4.72 Å². The maximum Gasteiger partial charge on any atom is 0.333 e. The van der Waals surface area contributed by atoms with Crippen molar-refractivity contribution in [1.29, 1.82) is 0 Å². The van der Waals surface area contributed by atoms with Crippen molar-refractivity contribution in [2.45, 2.75) is 39.0 Å². The molecule has 0 fully saturated rings. The maximum absolute atomic E-state index is 10.2. The van der Waals surface area contributed by atoms with Crippen LogP contribution in [0.3, 0.4) is 0 Å². The molecule has 0 aromatic carbocycles. The second-order valence-electron chi connectivity index (χ2n) is 3.10. The van der Waals surface area contributed by atoms with E-state index in [2.05, 4.69) is 19.1 Å². The van der Waals surface area contributed by atoms with Gasteiger partial charge in [-0.1, -0.05) is 25.5 Å². The van der Waals surface area contributed by atoms with E-state index in [1.54, 1.807) is 0 Å². The molecule has 0 heterocycles. The first-order valence-electron chi connectivity index (χ1n) is 4.93. The third-order valence-electron chi connectivity index (χ3n) is 1.73. The molecule has 0 rings (SSSR count). The summed E-state index contributed by atoms with van der Waals surface area (Å²) in [5.41, 5.74) is 0. The molecule has 84 valence electrons. The number of rotatable bonds is 8. The van der Waals surface area contributed by atoms with Gasteiger partial charge < -0.3 is 0 Å². The largest absolute Gasteiger partial charge is 0.333 e. The van der Waals surface area contributed by atoms with Gasteiger partial charge in [-0.15, -0.1) is 0 Å². The Morgan fingerprint density at radius 1 is 1.21 bits per heavy atom. The summed E-state index contributed by atoms with van der Waals surface area (Å²) in [4.78, 5) is 0. The maximum atomic E-state index is 10.2. The van der Waals surface area contributed by atoms with Gasteiger partial charge in [0.1, 0.15) is 0 Å². The van der Waals surface area contributed by atoms with Crippen LogP contribution in [0.5, 0.6) is 0 Å². The van der Waals surface area contributed by atoms with Gasteiger partial charge in [-0.2, -0.15) is 13.1 Å². The highest BCUT2D eigenvalue weighted by Crippen LogP contribution is 2.00. The smallest absolute Gasteiger partial charge is 0.273 e. The Morgan fingerprint density at radius 2 is 1.93 bits per heavy atom. The highest BCUT2D eigenvalue weighted by Gasteiger charge is 1.99. The molecule has 0 aliphatic carbocycles. The lowest BCUT2D eigenvalue weighted by atomic mass is 10.2. The Bertz CT molecular complexity index is 247. The summed E-state index contributed by atoms with van der Waals surface area (Å²) < 4.78 is 30.9. The van der Waals surface area contributed by atoms with Gasteiger partial charge in [-0.25, -0.2) is 0 Å². The molecular weight excluding hydrogens is 202 g/mol. The van der Waals surface area contributed by atoms with Gasteiger partial charge in [0.2, 0.25) is 0 Å². The fourth-order valence-corrected chi connectivity index (χ4v) is 1.45. The van der Waals surface area contributed by atoms with Crippen molar-refractivity contribution in [3.8, 4) is 0 Å². The van der Waals surface area contributed by atoms with Crippen LogP contribution in [0, 0.1) is 0 Å². The predicted octanol–water partition coefficient (Wildman–Crippen LogP) is 1.91. The average molecular weight is 221 g/mol. The predicted molar refractivity (Wildman–Crippen MR) is 57.5 cm³/mol. The highest BCUT2D eigenvalue weighted by molar-refractivity contribution is 7.83. The topological polar surface area (TPSA) is 66.4 Å². The minimum atomic E-state index is -3.99. The van der Waals surface area contributed by atoms with Crippen LogP contribution in [0.25, 0.3) is 0 Å². The van der Waals surface area contributed by atoms with Crippen molar-refractivity contribution >= 4 is 10.3 Å². The van der Waals surface area contributed by atoms with E-state index in [-0.39, 0.29) is 0 Å². The molecule has 0 radical (unpaired) electrons. The Balaban J connectivity index is 3.19. The summed E-state index contributed by atoms with van der Waals surface area (Å²) in [5, 5.41) is 0. The minimum Gasteiger partial charge on any atom is -0.273 e. The van der Waals surface area contributed by atoms with Gasteiger partial charge in [0.25, 0.3) is 0 Å². The first kappa shape index (κ1) is 13.6. The first-order chi connectivity index (χ1) is 6.56. The Kier molecular flexibility index (Phi) is 7.74. The molecule has 0 saturated carbocycles. The standard InChI is InChI=1S/C9H19NO3S/c1-2-3-4-5-6-7-8-9-10-14(11,12)13/h3-4,10H,2,5-9H2,1H3,(H,11,12,13)/b4-3+. The van der Waals surface area contributed by atoms with E-state index in [0.717, 1.165) is 32.1 Å². The Labute approximate surface area is 86.3 Å². The molecule has 0 aliphatic heterocycles. The van der Waals surface area contributed by atoms with Crippen LogP contribution in [0.4, 0.5) is 0 Å². The molecule has 0 atom stereocenters. The summed E-state index contributed by atoms with van der Waals surface area (Å²) in [5.74, 6) is 0. The van der Waals surface area contributed by atoms with Crippen LogP contribution in [-0.4, -0.2) is 19.5 Å². The van der Waals surface area contributed by atoms with E-state index in [9.17, 15) is 8.42 Å². The molecule has 4 nitrogen and oxygen atoms in total. The van der Waals surface area contributed by atoms with Gasteiger partial charge in [-0.05, 0) is 25.7 Å². The molecule has 0 unspecified atom stereocenters. The summed E-state index contributed by atoms with van der Waals surface area (Å²) in [7, 11) is -3.99. The molecule has 0 aromatic heterocycles. The van der Waals surface area contributed by atoms with Crippen molar-refractivity contribution in [1.82, 2.24) is 4.72 Å². The monoisotopic (exact) mass is 221 g/mol. The van der Waals surface area contributed by atoms with Crippen LogP contribution >= 0.6 is 0 Å². The van der Waals surface area contributed by atoms with Crippen LogP contribution in [0.2, 0.25) is 0 Å². The summed E-state index contributed by atoms with van der Waals surface area (Å²) in [6.07, 6.45) is 9.15. The zero-order valence-electron chi connectivity index (χ0n) is 8.57. The molecule has 0 saturated heterocycles. The second-order valence-corrected chi connectivity index (χ2v) is 4.34. The van der Waals surface area contributed by atoms with Crippen LogP contribution in [0.15, 0.2) is 12.2 Å². The van der Waals surface area contributed by atoms with E-state index >= 15 is 0 Å². The lowest BCUT2D eigenvalue weighted by Crippen LogP contribution is -2.23. The lowest BCUT2D eigenvalue weighted by Gasteiger charge is -1.99. The molecule has 0 aliphatic rings. The van der Waals surface area contributed by atoms with Gasteiger partial charge in [0.15, 0.2) is 0 Å². The first-order valence-corrected chi connectivity index (χ1v) is 6.37. The third kappa shape index (κ3) is 11.6. The normalized spacial score (nSPS) is 12.4. The van der Waals surface area contributed by atoms with E-state index in [0.29, 0.717) is 6.54 Å². The second kappa shape index (κ2) is 7.96. The number of nitrogens with one attached hydrogen (secondary N) is 1. The zero-order valence-corrected chi connectivity index (χ0v) is 9.39. The van der Waals surface area contributed by atoms with Crippen molar-refractivity contribution in [2.75, 3.05) is 6.54 Å². The van der Waals surface area contributed by atoms with E-state index < -0.39 is 10.3 Å². The van der Waals surface area contributed by atoms with E-state index in [1.165, 1.54) is 0 Å². The quantitative estimate of drug-likeness (QED) is 0.374. The van der Waals surface area contributed by atoms with Crippen molar-refractivity contribution in [2.24, 2.45) is 0 Å². The van der Waals surface area contributed by atoms with Crippen LogP contribution < -0.4 is 4.72 Å². The molecular formula is C9H19NO3S. The Hall–Kier alpha value is -0.390. The van der Waals surface area contributed by atoms with Gasteiger partial charge in [0.05, 0.1) is 0 Å². The van der Waals surface area contributed by atoms with Crippen molar-refractivity contribution in [3.63, 3.8) is 0 Å². The molecule has 0 aromatic rings. The Morgan fingerprint density at radius 3 is 2.50 bits per heavy atom. The van der Waals surface area contributed by atoms with Gasteiger partial charge in [0, 0.05) is 6.54 Å². The minimum absolute atomic E-state index is 0.316. The zero-order chi connectivity index (χ0) is 10.9. The van der Waals surface area contributed by atoms with Crippen molar-refractivity contribution in [3.05, 3.63) is 12.2 Å². The van der Waals surface area contributed by atoms with Gasteiger partial charge >= 0.3 is 10.3 Å². The number of hydrogen-bond acceptors (Lipinski definition) is 2. The van der Waals surface area contributed by atoms with Crippen LogP contribution in [0.1, 0.15) is 39.0 Å². The van der Waals surface area contributed by atoms with Crippen LogP contribution in [-0.2, 0) is 10.3 Å². The molecule has 0 amide bonds. The van der Waals surface area contributed by atoms with Gasteiger partial charge in [-0.3, -0.25) is 4.55 Å². The molecule has 2 N–H and O–H groups in total. The SMILES string of the molecule is CC/C=C/CCCCCNS(=O)(=O)O. The number of unbranched alkanes of at least 4 members (excludes halogenated alkanes) is 3. The fraction of sp³-hybridized carbons (Fsp3) is 0.778. The number of allylic oxidation sites excluding steroid dienone is 2. The molecule has 5 heteroatoms. The summed E-state index contributed by atoms with van der Waals surface area (Å²) in [6, 6.07) is 0. The highest BCUT2D eigenvalue weighted by atomic mass is 32.2. The van der Waals surface area contributed by atoms with Crippen molar-refractivity contribution < 1.29 is 13.0 Å². The fourth-order valence-electron chi connectivity index (χ4n) is 1.05. The molecule has 0 bridgehead atoms. The van der Waals surface area contributed by atoms with E-state index in [4.69, 9.17) is 4.55 Å². The average Bonchev–Trinajstić information content (AvgIpc) is 2.08. The summed E-state index contributed by atoms with van der Waals surface area (Å²) >= 11 is 0. The third-order valence-corrected chi connectivity index (χ3v) is 2.30. The summed E-state index contributed by atoms with van der Waals surface area (Å²) in [6.45, 7) is 2.41. The molecule has 14 heavy (non-hydrogen) atoms. The lowest BCUT2D eigenvalue weighted by molar-refractivity contribution is 0.465.